The molecule has 8 heteroatoms. The molecule has 1 aromatic carbocycles. The molecule has 0 saturated carbocycles. The van der Waals surface area contributed by atoms with Crippen molar-refractivity contribution in [3.8, 4) is 6.07 Å². The molecule has 22 heavy (non-hydrogen) atoms. The molecule has 0 unspecified atom stereocenters. The third-order valence-electron chi connectivity index (χ3n) is 2.77. The van der Waals surface area contributed by atoms with Crippen LogP contribution < -0.4 is 0 Å². The van der Waals surface area contributed by atoms with E-state index in [1.165, 1.54) is 18.2 Å². The van der Waals surface area contributed by atoms with E-state index in [1.54, 1.807) is 13.8 Å². The van der Waals surface area contributed by atoms with E-state index in [9.17, 15) is 13.2 Å². The van der Waals surface area contributed by atoms with Crippen molar-refractivity contribution in [2.75, 3.05) is 19.7 Å². The average Bonchev–Trinajstić information content (AvgIpc) is 2.47. The van der Waals surface area contributed by atoms with Gasteiger partial charge in [0.1, 0.15) is 17.5 Å². The molecule has 0 aliphatic carbocycles. The van der Waals surface area contributed by atoms with Gasteiger partial charge in [0.05, 0.1) is 12.2 Å². The fraction of sp³-hybridized carbons (Fsp3) is 0.429. The van der Waals surface area contributed by atoms with Crippen LogP contribution >= 0.6 is 11.6 Å². The molecule has 0 spiro atoms. The van der Waals surface area contributed by atoms with Crippen molar-refractivity contribution in [1.29, 1.82) is 5.26 Å². The van der Waals surface area contributed by atoms with Crippen molar-refractivity contribution in [2.24, 2.45) is 0 Å². The van der Waals surface area contributed by atoms with Crippen LogP contribution in [0, 0.1) is 11.3 Å². The van der Waals surface area contributed by atoms with Gasteiger partial charge in [0.25, 0.3) is 0 Å². The Morgan fingerprint density at radius 3 is 2.64 bits per heavy atom. The second-order valence-corrected chi connectivity index (χ2v) is 6.74. The van der Waals surface area contributed by atoms with Crippen LogP contribution in [0.4, 0.5) is 0 Å². The predicted octanol–water partition coefficient (Wildman–Crippen LogP) is 2.18. The maximum absolute atomic E-state index is 12.7. The highest BCUT2D eigenvalue weighted by Crippen LogP contribution is 2.24. The molecule has 0 aromatic heterocycles. The number of benzene rings is 1. The monoisotopic (exact) mass is 344 g/mol. The van der Waals surface area contributed by atoms with E-state index in [4.69, 9.17) is 21.6 Å². The van der Waals surface area contributed by atoms with Gasteiger partial charge in [-0.1, -0.05) is 18.5 Å². The summed E-state index contributed by atoms with van der Waals surface area (Å²) in [5, 5.41) is 9.28. The summed E-state index contributed by atoms with van der Waals surface area (Å²) < 4.78 is 31.2. The molecule has 120 valence electrons. The van der Waals surface area contributed by atoms with E-state index in [2.05, 4.69) is 0 Å². The zero-order valence-electron chi connectivity index (χ0n) is 12.4. The number of nitrogens with zero attached hydrogens (tertiary/aromatic N) is 2. The summed E-state index contributed by atoms with van der Waals surface area (Å²) in [6.07, 6.45) is 0.515. The molecule has 0 radical (unpaired) electrons. The lowest BCUT2D eigenvalue weighted by molar-refractivity contribution is -0.143. The standard InChI is InChI=1S/C14H17ClN2O4S/c1-3-7-17(10-14(18)21-4-2)22(19,20)13-8-12(15)6-5-11(13)9-16/h5-6,8H,3-4,7,10H2,1-2H3. The van der Waals surface area contributed by atoms with E-state index in [0.29, 0.717) is 6.42 Å². The lowest BCUT2D eigenvalue weighted by atomic mass is 10.2. The summed E-state index contributed by atoms with van der Waals surface area (Å²) >= 11 is 5.83. The van der Waals surface area contributed by atoms with Crippen molar-refractivity contribution in [1.82, 2.24) is 4.31 Å². The third kappa shape index (κ3) is 4.44. The molecular weight excluding hydrogens is 328 g/mol. The van der Waals surface area contributed by atoms with Crippen molar-refractivity contribution >= 4 is 27.6 Å². The lowest BCUT2D eigenvalue weighted by Gasteiger charge is -2.21. The molecule has 6 nitrogen and oxygen atoms in total. The average molecular weight is 345 g/mol. The number of rotatable bonds is 7. The first kappa shape index (κ1) is 18.4. The Balaban J connectivity index is 3.25. The maximum Gasteiger partial charge on any atom is 0.321 e. The molecule has 0 heterocycles. The van der Waals surface area contributed by atoms with E-state index >= 15 is 0 Å². The molecule has 1 aromatic rings. The largest absolute Gasteiger partial charge is 0.465 e. The number of hydrogen-bond acceptors (Lipinski definition) is 5. The molecule has 0 saturated heterocycles. The molecule has 0 amide bonds. The van der Waals surface area contributed by atoms with Gasteiger partial charge in [0, 0.05) is 11.6 Å². The molecule has 0 bridgehead atoms. The Morgan fingerprint density at radius 2 is 2.09 bits per heavy atom. The molecule has 0 fully saturated rings. The van der Waals surface area contributed by atoms with Crippen LogP contribution in [-0.4, -0.2) is 38.4 Å². The highest BCUT2D eigenvalue weighted by atomic mass is 35.5. The Hall–Kier alpha value is -1.62. The number of esters is 1. The van der Waals surface area contributed by atoms with E-state index in [0.717, 1.165) is 4.31 Å². The van der Waals surface area contributed by atoms with Crippen LogP contribution in [0.2, 0.25) is 5.02 Å². The van der Waals surface area contributed by atoms with Crippen molar-refractivity contribution < 1.29 is 17.9 Å². The molecule has 0 aliphatic rings. The van der Waals surface area contributed by atoms with Gasteiger partial charge < -0.3 is 4.74 Å². The Bertz CT molecular complexity index is 683. The predicted molar refractivity (Wildman–Crippen MR) is 81.8 cm³/mol. The van der Waals surface area contributed by atoms with Gasteiger partial charge in [-0.25, -0.2) is 8.42 Å². The molecule has 1 rings (SSSR count). The SMILES string of the molecule is CCCN(CC(=O)OCC)S(=O)(=O)c1cc(Cl)ccc1C#N. The number of ether oxygens (including phenoxy) is 1. The Labute approximate surface area is 135 Å². The van der Waals surface area contributed by atoms with Crippen molar-refractivity contribution in [2.45, 2.75) is 25.2 Å². The minimum atomic E-state index is -4.02. The zero-order valence-corrected chi connectivity index (χ0v) is 13.9. The summed E-state index contributed by atoms with van der Waals surface area (Å²) in [7, 11) is -4.02. The van der Waals surface area contributed by atoms with Crippen LogP contribution in [0.25, 0.3) is 0 Å². The quantitative estimate of drug-likeness (QED) is 0.707. The van der Waals surface area contributed by atoms with Crippen LogP contribution in [-0.2, 0) is 19.6 Å². The summed E-state index contributed by atoms with van der Waals surface area (Å²) in [6.45, 7) is 3.33. The van der Waals surface area contributed by atoms with Crippen LogP contribution in [0.3, 0.4) is 0 Å². The highest BCUT2D eigenvalue weighted by Gasteiger charge is 2.29. The topological polar surface area (TPSA) is 87.5 Å². The first-order valence-corrected chi connectivity index (χ1v) is 8.54. The van der Waals surface area contributed by atoms with Gasteiger partial charge >= 0.3 is 5.97 Å². The fourth-order valence-corrected chi connectivity index (χ4v) is 3.71. The molecular formula is C14H17ClN2O4S. The summed E-state index contributed by atoms with van der Waals surface area (Å²) in [5.41, 5.74) is -0.0191. The van der Waals surface area contributed by atoms with Crippen molar-refractivity contribution in [3.63, 3.8) is 0 Å². The van der Waals surface area contributed by atoms with Gasteiger partial charge in [0.2, 0.25) is 10.0 Å². The number of carbonyl (C=O) groups is 1. The fourth-order valence-electron chi connectivity index (χ4n) is 1.83. The van der Waals surface area contributed by atoms with Crippen LogP contribution in [0.5, 0.6) is 0 Å². The normalized spacial score (nSPS) is 11.2. The minimum Gasteiger partial charge on any atom is -0.465 e. The van der Waals surface area contributed by atoms with Gasteiger partial charge in [-0.05, 0) is 31.5 Å². The van der Waals surface area contributed by atoms with Crippen LogP contribution in [0.1, 0.15) is 25.8 Å². The smallest absolute Gasteiger partial charge is 0.321 e. The molecule has 0 aliphatic heterocycles. The highest BCUT2D eigenvalue weighted by molar-refractivity contribution is 7.89. The zero-order chi connectivity index (χ0) is 16.8. The second-order valence-electron chi connectivity index (χ2n) is 4.40. The van der Waals surface area contributed by atoms with E-state index in [1.807, 2.05) is 6.07 Å². The van der Waals surface area contributed by atoms with E-state index in [-0.39, 0.29) is 28.6 Å². The Morgan fingerprint density at radius 1 is 1.41 bits per heavy atom. The first-order chi connectivity index (χ1) is 10.4. The summed E-state index contributed by atoms with van der Waals surface area (Å²) in [4.78, 5) is 11.4. The summed E-state index contributed by atoms with van der Waals surface area (Å²) in [6, 6.07) is 5.81. The van der Waals surface area contributed by atoms with Gasteiger partial charge in [-0.15, -0.1) is 0 Å². The van der Waals surface area contributed by atoms with E-state index < -0.39 is 22.5 Å². The first-order valence-electron chi connectivity index (χ1n) is 6.72. The molecule has 0 N–H and O–H groups in total. The second kappa shape index (κ2) is 8.13. The minimum absolute atomic E-state index is 0.0191. The lowest BCUT2D eigenvalue weighted by Crippen LogP contribution is -2.37. The third-order valence-corrected chi connectivity index (χ3v) is 4.89. The van der Waals surface area contributed by atoms with Gasteiger partial charge in [0.15, 0.2) is 0 Å². The molecule has 0 atom stereocenters. The number of hydrogen-bond donors (Lipinski definition) is 0. The maximum atomic E-state index is 12.7. The van der Waals surface area contributed by atoms with Crippen LogP contribution in [0.15, 0.2) is 23.1 Å². The number of halogens is 1. The van der Waals surface area contributed by atoms with Crippen molar-refractivity contribution in [3.05, 3.63) is 28.8 Å². The van der Waals surface area contributed by atoms with Gasteiger partial charge in [-0.3, -0.25) is 4.79 Å². The number of carbonyl (C=O) groups excluding carboxylic acids is 1. The summed E-state index contributed by atoms with van der Waals surface area (Å²) in [5.74, 6) is -0.639. The number of sulfonamides is 1. The number of nitriles is 1. The van der Waals surface area contributed by atoms with Gasteiger partial charge in [-0.2, -0.15) is 9.57 Å². The Kier molecular flexibility index (Phi) is 6.81.